The number of hydrogen-bond acceptors (Lipinski definition) is 5. The van der Waals surface area contributed by atoms with Gasteiger partial charge in [-0.3, -0.25) is 5.10 Å². The number of para-hydroxylation sites is 1. The highest BCUT2D eigenvalue weighted by atomic mass is 16.4. The van der Waals surface area contributed by atoms with Crippen LogP contribution < -0.4 is 0 Å². The summed E-state index contributed by atoms with van der Waals surface area (Å²) in [6.45, 7) is -0.118. The second kappa shape index (κ2) is 4.89. The Morgan fingerprint density at radius 2 is 2.13 bits per heavy atom. The van der Waals surface area contributed by atoms with E-state index < -0.39 is 5.97 Å². The molecule has 0 atom stereocenters. The molecule has 0 fully saturated rings. The summed E-state index contributed by atoms with van der Waals surface area (Å²) in [7, 11) is 0. The number of hydrogen-bond donors (Lipinski definition) is 4. The molecule has 8 nitrogen and oxygen atoms in total. The van der Waals surface area contributed by atoms with Crippen molar-refractivity contribution in [3.8, 4) is 11.4 Å². The van der Waals surface area contributed by atoms with Gasteiger partial charge in [0.1, 0.15) is 16.8 Å². The number of aromatic amines is 2. The molecule has 114 valence electrons. The van der Waals surface area contributed by atoms with Crippen molar-refractivity contribution in [2.24, 2.45) is 0 Å². The van der Waals surface area contributed by atoms with Gasteiger partial charge in [0, 0.05) is 17.1 Å². The highest BCUT2D eigenvalue weighted by Crippen LogP contribution is 2.28. The Morgan fingerprint density at radius 3 is 2.91 bits per heavy atom. The van der Waals surface area contributed by atoms with Crippen LogP contribution in [-0.4, -0.2) is 41.3 Å². The number of aromatic carboxylic acids is 1. The third kappa shape index (κ3) is 1.96. The largest absolute Gasteiger partial charge is 0.478 e. The monoisotopic (exact) mass is 309 g/mol. The summed E-state index contributed by atoms with van der Waals surface area (Å²) in [4.78, 5) is 22.6. The highest BCUT2D eigenvalue weighted by molar-refractivity contribution is 6.01. The molecule has 4 rings (SSSR count). The number of aliphatic hydroxyl groups is 1. The van der Waals surface area contributed by atoms with Gasteiger partial charge in [-0.15, -0.1) is 0 Å². The molecule has 0 spiro atoms. The topological polar surface area (TPSA) is 128 Å². The first kappa shape index (κ1) is 13.4. The number of rotatable bonds is 3. The quantitative estimate of drug-likeness (QED) is 0.456. The van der Waals surface area contributed by atoms with Crippen molar-refractivity contribution >= 4 is 28.0 Å². The van der Waals surface area contributed by atoms with Gasteiger partial charge in [-0.25, -0.2) is 14.8 Å². The van der Waals surface area contributed by atoms with Crippen molar-refractivity contribution in [3.05, 3.63) is 41.7 Å². The van der Waals surface area contributed by atoms with Gasteiger partial charge in [0.15, 0.2) is 5.65 Å². The van der Waals surface area contributed by atoms with Crippen LogP contribution in [0.1, 0.15) is 15.9 Å². The van der Waals surface area contributed by atoms with Gasteiger partial charge in [-0.05, 0) is 0 Å². The first-order valence-corrected chi connectivity index (χ1v) is 6.83. The summed E-state index contributed by atoms with van der Waals surface area (Å²) in [6.07, 6.45) is 2.91. The van der Waals surface area contributed by atoms with Crippen LogP contribution in [0.15, 0.2) is 30.6 Å². The average molecular weight is 309 g/mol. The number of carboxylic acids is 1. The van der Waals surface area contributed by atoms with E-state index in [9.17, 15) is 15.0 Å². The molecule has 0 radical (unpaired) electrons. The molecule has 0 saturated carbocycles. The number of nitrogens with zero attached hydrogens (tertiary/aromatic N) is 3. The molecule has 8 heteroatoms. The Balaban J connectivity index is 1.95. The summed E-state index contributed by atoms with van der Waals surface area (Å²) in [6, 6.07) is 5.46. The molecule has 4 N–H and O–H groups in total. The van der Waals surface area contributed by atoms with Crippen molar-refractivity contribution in [1.82, 2.24) is 25.1 Å². The molecule has 0 aliphatic heterocycles. The van der Waals surface area contributed by atoms with Crippen LogP contribution in [0.25, 0.3) is 33.5 Å². The van der Waals surface area contributed by atoms with E-state index in [0.29, 0.717) is 28.1 Å². The fourth-order valence-electron chi connectivity index (χ4n) is 2.59. The van der Waals surface area contributed by atoms with Gasteiger partial charge < -0.3 is 15.2 Å². The van der Waals surface area contributed by atoms with Crippen LogP contribution in [0.2, 0.25) is 0 Å². The lowest BCUT2D eigenvalue weighted by Gasteiger charge is -2.00. The first-order chi connectivity index (χ1) is 11.2. The van der Waals surface area contributed by atoms with Crippen molar-refractivity contribution < 1.29 is 15.0 Å². The zero-order chi connectivity index (χ0) is 16.0. The molecule has 0 aliphatic carbocycles. The number of nitrogens with one attached hydrogen (secondary N) is 2. The maximum atomic E-state index is 11.2. The van der Waals surface area contributed by atoms with Crippen LogP contribution in [0.5, 0.6) is 0 Å². The van der Waals surface area contributed by atoms with Crippen molar-refractivity contribution in [3.63, 3.8) is 0 Å². The fraction of sp³-hybridized carbons (Fsp3) is 0.0667. The van der Waals surface area contributed by atoms with Gasteiger partial charge in [0.2, 0.25) is 0 Å². The van der Waals surface area contributed by atoms with Crippen LogP contribution in [0.3, 0.4) is 0 Å². The van der Waals surface area contributed by atoms with E-state index >= 15 is 0 Å². The molecule has 0 amide bonds. The number of carboxylic acid groups (broad SMARTS) is 1. The van der Waals surface area contributed by atoms with Crippen LogP contribution in [0, 0.1) is 0 Å². The van der Waals surface area contributed by atoms with Crippen molar-refractivity contribution in [2.75, 3.05) is 0 Å². The van der Waals surface area contributed by atoms with E-state index in [1.807, 2.05) is 12.1 Å². The number of aliphatic hydroxyl groups excluding tert-OH is 1. The molecular formula is C15H11N5O3. The molecular weight excluding hydrogens is 298 g/mol. The number of carbonyl (C=O) groups is 1. The zero-order valence-corrected chi connectivity index (χ0v) is 11.7. The van der Waals surface area contributed by atoms with Gasteiger partial charge in [0.25, 0.3) is 0 Å². The Hall–Kier alpha value is -3.26. The molecule has 3 heterocycles. The normalized spacial score (nSPS) is 11.3. The number of benzene rings is 1. The lowest BCUT2D eigenvalue weighted by molar-refractivity contribution is 0.0699. The average Bonchev–Trinajstić information content (AvgIpc) is 3.17. The van der Waals surface area contributed by atoms with Gasteiger partial charge in [0.05, 0.1) is 24.0 Å². The first-order valence-electron chi connectivity index (χ1n) is 6.83. The van der Waals surface area contributed by atoms with Crippen LogP contribution in [-0.2, 0) is 6.61 Å². The molecule has 23 heavy (non-hydrogen) atoms. The zero-order valence-electron chi connectivity index (χ0n) is 11.7. The molecule has 1 aromatic carbocycles. The van der Waals surface area contributed by atoms with E-state index in [4.69, 9.17) is 0 Å². The number of aromatic nitrogens is 5. The Morgan fingerprint density at radius 1 is 1.26 bits per heavy atom. The van der Waals surface area contributed by atoms with E-state index in [1.165, 1.54) is 6.20 Å². The standard InChI is InChI=1S/C15H11N5O3/c21-6-7-2-1-3-8-11(7)19-20-12(8)10-5-17-14-13(18-10)9(4-16-14)15(22)23/h1-5,21H,6H2,(H,16,17)(H,19,20)(H,22,23). The van der Waals surface area contributed by atoms with E-state index in [2.05, 4.69) is 25.1 Å². The summed E-state index contributed by atoms with van der Waals surface area (Å²) >= 11 is 0. The predicted octanol–water partition coefficient (Wildman–Crippen LogP) is 1.69. The van der Waals surface area contributed by atoms with E-state index in [0.717, 1.165) is 5.39 Å². The van der Waals surface area contributed by atoms with Gasteiger partial charge >= 0.3 is 5.97 Å². The molecule has 0 aliphatic rings. The minimum Gasteiger partial charge on any atom is -0.478 e. The molecule has 0 bridgehead atoms. The van der Waals surface area contributed by atoms with E-state index in [1.54, 1.807) is 12.3 Å². The van der Waals surface area contributed by atoms with Crippen molar-refractivity contribution in [1.29, 1.82) is 0 Å². The third-order valence-corrected chi connectivity index (χ3v) is 3.71. The highest BCUT2D eigenvalue weighted by Gasteiger charge is 2.16. The molecule has 0 unspecified atom stereocenters. The lowest BCUT2D eigenvalue weighted by atomic mass is 10.1. The predicted molar refractivity (Wildman–Crippen MR) is 81.9 cm³/mol. The minimum absolute atomic E-state index is 0.0641. The van der Waals surface area contributed by atoms with Crippen LogP contribution in [0.4, 0.5) is 0 Å². The Bertz CT molecular complexity index is 1050. The lowest BCUT2D eigenvalue weighted by Crippen LogP contribution is -1.96. The second-order valence-electron chi connectivity index (χ2n) is 5.03. The Kier molecular flexibility index (Phi) is 2.85. The summed E-state index contributed by atoms with van der Waals surface area (Å²) in [5, 5.41) is 26.5. The summed E-state index contributed by atoms with van der Waals surface area (Å²) in [5.74, 6) is -1.07. The number of H-pyrrole nitrogens is 2. The second-order valence-corrected chi connectivity index (χ2v) is 5.03. The van der Waals surface area contributed by atoms with Crippen LogP contribution >= 0.6 is 0 Å². The maximum absolute atomic E-state index is 11.2. The SMILES string of the molecule is O=C(O)c1c[nH]c2ncc(-c3[nH]nc4c(CO)cccc34)nc12. The third-order valence-electron chi connectivity index (χ3n) is 3.71. The summed E-state index contributed by atoms with van der Waals surface area (Å²) < 4.78 is 0. The van der Waals surface area contributed by atoms with Crippen molar-refractivity contribution in [2.45, 2.75) is 6.61 Å². The molecule has 3 aromatic heterocycles. The van der Waals surface area contributed by atoms with E-state index in [-0.39, 0.29) is 17.7 Å². The maximum Gasteiger partial charge on any atom is 0.339 e. The number of fused-ring (bicyclic) bond motifs is 2. The minimum atomic E-state index is -1.07. The van der Waals surface area contributed by atoms with Gasteiger partial charge in [-0.1, -0.05) is 18.2 Å². The summed E-state index contributed by atoms with van der Waals surface area (Å²) in [5.41, 5.74) is 3.22. The fourth-order valence-corrected chi connectivity index (χ4v) is 2.59. The Labute approximate surface area is 128 Å². The molecule has 0 saturated heterocycles. The smallest absolute Gasteiger partial charge is 0.339 e. The van der Waals surface area contributed by atoms with Gasteiger partial charge in [-0.2, -0.15) is 5.10 Å². The molecule has 4 aromatic rings.